The molecule has 0 saturated heterocycles. The summed E-state index contributed by atoms with van der Waals surface area (Å²) < 4.78 is 5.50. The fourth-order valence-corrected chi connectivity index (χ4v) is 4.69. The summed E-state index contributed by atoms with van der Waals surface area (Å²) in [4.78, 5) is 30.3. The molecule has 0 fully saturated rings. The molecule has 3 aromatic rings. The van der Waals surface area contributed by atoms with Crippen molar-refractivity contribution in [3.8, 4) is 5.75 Å². The maximum Gasteiger partial charge on any atom is 0.224 e. The van der Waals surface area contributed by atoms with E-state index in [0.717, 1.165) is 65.8 Å². The first kappa shape index (κ1) is 26.5. The Morgan fingerprint density at radius 1 is 1.03 bits per heavy atom. The quantitative estimate of drug-likeness (QED) is 0.277. The summed E-state index contributed by atoms with van der Waals surface area (Å²) in [5.74, 6) is 1.50. The van der Waals surface area contributed by atoms with Crippen molar-refractivity contribution in [1.82, 2.24) is 4.98 Å². The molecule has 0 aliphatic rings. The number of hydrogen-bond donors (Lipinski definition) is 1. The number of nitrogens with one attached hydrogen (secondary N) is 1. The highest BCUT2D eigenvalue weighted by atomic mass is 32.2. The van der Waals surface area contributed by atoms with Gasteiger partial charge in [-0.25, -0.2) is 0 Å². The van der Waals surface area contributed by atoms with Crippen LogP contribution < -0.4 is 15.0 Å². The first-order valence-corrected chi connectivity index (χ1v) is 13.1. The van der Waals surface area contributed by atoms with E-state index < -0.39 is 0 Å². The van der Waals surface area contributed by atoms with Gasteiger partial charge in [-0.2, -0.15) is 0 Å². The molecule has 0 bridgehead atoms. The number of benzene rings is 2. The molecule has 0 spiro atoms. The number of anilines is 3. The van der Waals surface area contributed by atoms with E-state index in [1.54, 1.807) is 14.0 Å². The van der Waals surface area contributed by atoms with Gasteiger partial charge in [0.1, 0.15) is 5.75 Å². The zero-order valence-electron chi connectivity index (χ0n) is 21.1. The Morgan fingerprint density at radius 2 is 1.77 bits per heavy atom. The van der Waals surface area contributed by atoms with Crippen LogP contribution in [0, 0.1) is 6.92 Å². The van der Waals surface area contributed by atoms with Gasteiger partial charge >= 0.3 is 0 Å². The first-order chi connectivity index (χ1) is 16.9. The molecule has 0 unspecified atom stereocenters. The van der Waals surface area contributed by atoms with Gasteiger partial charge in [-0.05, 0) is 50.1 Å². The van der Waals surface area contributed by atoms with E-state index in [2.05, 4.69) is 27.3 Å². The lowest BCUT2D eigenvalue weighted by Crippen LogP contribution is -2.14. The molecule has 1 amide bonds. The molecular weight excluding hydrogens is 458 g/mol. The highest BCUT2D eigenvalue weighted by molar-refractivity contribution is 8.13. The zero-order chi connectivity index (χ0) is 25.2. The molecular formula is C28H35N3O3S. The van der Waals surface area contributed by atoms with E-state index in [9.17, 15) is 9.59 Å². The second-order valence-corrected chi connectivity index (χ2v) is 9.92. The summed E-state index contributed by atoms with van der Waals surface area (Å²) in [5.41, 5.74) is 4.56. The number of hydrogen-bond acceptors (Lipinski definition) is 6. The Balaban J connectivity index is 1.62. The highest BCUT2D eigenvalue weighted by Gasteiger charge is 2.14. The fraction of sp³-hybridized carbons (Fsp3) is 0.393. The number of thioether (sulfide) groups is 1. The van der Waals surface area contributed by atoms with Crippen LogP contribution in [0.2, 0.25) is 0 Å². The molecule has 0 atom stereocenters. The molecule has 0 saturated carbocycles. The van der Waals surface area contributed by atoms with E-state index in [1.165, 1.54) is 11.8 Å². The molecule has 2 aromatic carbocycles. The highest BCUT2D eigenvalue weighted by Crippen LogP contribution is 2.35. The minimum Gasteiger partial charge on any atom is -0.495 e. The summed E-state index contributed by atoms with van der Waals surface area (Å²) in [6, 6.07) is 16.0. The molecule has 35 heavy (non-hydrogen) atoms. The molecule has 1 N–H and O–H groups in total. The van der Waals surface area contributed by atoms with Gasteiger partial charge in [-0.1, -0.05) is 49.2 Å². The number of carbonyl (C=O) groups is 2. The van der Waals surface area contributed by atoms with Gasteiger partial charge in [0.05, 0.1) is 24.0 Å². The molecule has 0 aliphatic carbocycles. The molecule has 7 heteroatoms. The van der Waals surface area contributed by atoms with Crippen LogP contribution in [0.4, 0.5) is 17.1 Å². The van der Waals surface area contributed by atoms with E-state index in [4.69, 9.17) is 4.74 Å². The molecule has 0 radical (unpaired) electrons. The van der Waals surface area contributed by atoms with Crippen molar-refractivity contribution >= 4 is 50.7 Å². The Kier molecular flexibility index (Phi) is 9.97. The van der Waals surface area contributed by atoms with Crippen LogP contribution >= 0.6 is 11.8 Å². The minimum absolute atomic E-state index is 0.0135. The summed E-state index contributed by atoms with van der Waals surface area (Å²) in [5, 5.41) is 4.29. The molecule has 3 rings (SSSR count). The third kappa shape index (κ3) is 7.72. The zero-order valence-corrected chi connectivity index (χ0v) is 21.9. The van der Waals surface area contributed by atoms with Crippen molar-refractivity contribution in [2.75, 3.05) is 30.1 Å². The Morgan fingerprint density at radius 3 is 2.54 bits per heavy atom. The first-order valence-electron chi connectivity index (χ1n) is 12.1. The van der Waals surface area contributed by atoms with E-state index in [-0.39, 0.29) is 11.0 Å². The van der Waals surface area contributed by atoms with Crippen LogP contribution in [0.1, 0.15) is 51.1 Å². The number of pyridine rings is 1. The average Bonchev–Trinajstić information content (AvgIpc) is 2.84. The number of para-hydroxylation sites is 1. The normalized spacial score (nSPS) is 10.9. The SMILES string of the molecule is COc1ccc(N(C)c2cc(C)nc3ccccc23)cc1NC(=O)CCCCCCCSC(C)=O. The van der Waals surface area contributed by atoms with Crippen LogP contribution in [0.3, 0.4) is 0 Å². The number of aromatic nitrogens is 1. The number of rotatable bonds is 12. The average molecular weight is 494 g/mol. The smallest absolute Gasteiger partial charge is 0.224 e. The third-order valence-corrected chi connectivity index (χ3v) is 6.78. The van der Waals surface area contributed by atoms with Gasteiger partial charge in [0.15, 0.2) is 5.12 Å². The monoisotopic (exact) mass is 493 g/mol. The van der Waals surface area contributed by atoms with Gasteiger partial charge < -0.3 is 15.0 Å². The van der Waals surface area contributed by atoms with Crippen molar-refractivity contribution in [2.45, 2.75) is 52.4 Å². The van der Waals surface area contributed by atoms with Crippen molar-refractivity contribution in [2.24, 2.45) is 0 Å². The van der Waals surface area contributed by atoms with Gasteiger partial charge in [0.25, 0.3) is 0 Å². The topological polar surface area (TPSA) is 71.5 Å². The summed E-state index contributed by atoms with van der Waals surface area (Å²) in [6.07, 6.45) is 5.53. The van der Waals surface area contributed by atoms with Crippen molar-refractivity contribution < 1.29 is 14.3 Å². The van der Waals surface area contributed by atoms with E-state index in [1.807, 2.05) is 50.4 Å². The lowest BCUT2D eigenvalue weighted by molar-refractivity contribution is -0.116. The predicted molar refractivity (Wildman–Crippen MR) is 147 cm³/mol. The summed E-state index contributed by atoms with van der Waals surface area (Å²) >= 11 is 1.39. The number of unbranched alkanes of at least 4 members (excludes halogenated alkanes) is 4. The number of aryl methyl sites for hydroxylation is 1. The van der Waals surface area contributed by atoms with Gasteiger partial charge in [-0.15, -0.1) is 0 Å². The largest absolute Gasteiger partial charge is 0.495 e. The molecule has 6 nitrogen and oxygen atoms in total. The van der Waals surface area contributed by atoms with E-state index >= 15 is 0 Å². The number of carbonyl (C=O) groups excluding carboxylic acids is 2. The maximum atomic E-state index is 12.6. The molecule has 1 aromatic heterocycles. The number of methoxy groups -OCH3 is 1. The number of amides is 1. The van der Waals surface area contributed by atoms with Gasteiger partial charge in [0, 0.05) is 42.9 Å². The standard InChI is InChI=1S/C28H35N3O3S/c1-20-18-26(23-12-9-10-13-24(23)29-20)31(3)22-15-16-27(34-4)25(19-22)30-28(33)14-8-6-5-7-11-17-35-21(2)32/h9-10,12-13,15-16,18-19H,5-8,11,14,17H2,1-4H3,(H,30,33). The molecule has 186 valence electrons. The summed E-state index contributed by atoms with van der Waals surface area (Å²) in [6.45, 7) is 3.60. The number of fused-ring (bicyclic) bond motifs is 1. The van der Waals surface area contributed by atoms with Crippen LogP contribution in [-0.2, 0) is 9.59 Å². The minimum atomic E-state index is -0.0135. The van der Waals surface area contributed by atoms with Crippen molar-refractivity contribution in [3.63, 3.8) is 0 Å². The maximum absolute atomic E-state index is 12.6. The van der Waals surface area contributed by atoms with Crippen LogP contribution in [0.25, 0.3) is 10.9 Å². The molecule has 1 heterocycles. The van der Waals surface area contributed by atoms with Crippen LogP contribution in [0.5, 0.6) is 5.75 Å². The van der Waals surface area contributed by atoms with Gasteiger partial charge in [0.2, 0.25) is 5.91 Å². The Bertz CT molecular complexity index is 1170. The molecule has 0 aliphatic heterocycles. The van der Waals surface area contributed by atoms with Crippen LogP contribution in [-0.4, -0.2) is 35.9 Å². The lowest BCUT2D eigenvalue weighted by Gasteiger charge is -2.23. The summed E-state index contributed by atoms with van der Waals surface area (Å²) in [7, 11) is 3.63. The predicted octanol–water partition coefficient (Wildman–Crippen LogP) is 6.88. The van der Waals surface area contributed by atoms with Crippen molar-refractivity contribution in [3.05, 3.63) is 54.2 Å². The second-order valence-electron chi connectivity index (χ2n) is 8.65. The Labute approximate surface area is 212 Å². The number of nitrogens with zero attached hydrogens (tertiary/aromatic N) is 2. The number of ether oxygens (including phenoxy) is 1. The Hall–Kier alpha value is -3.06. The second kappa shape index (κ2) is 13.1. The fourth-order valence-electron chi connectivity index (χ4n) is 4.05. The van der Waals surface area contributed by atoms with Crippen LogP contribution in [0.15, 0.2) is 48.5 Å². The van der Waals surface area contributed by atoms with E-state index in [0.29, 0.717) is 17.9 Å². The third-order valence-electron chi connectivity index (χ3n) is 5.88. The van der Waals surface area contributed by atoms with Gasteiger partial charge in [-0.3, -0.25) is 14.6 Å². The lowest BCUT2D eigenvalue weighted by atomic mass is 10.1. The van der Waals surface area contributed by atoms with Crippen molar-refractivity contribution in [1.29, 1.82) is 0 Å².